The minimum absolute atomic E-state index is 0.135. The van der Waals surface area contributed by atoms with E-state index in [4.69, 9.17) is 14.7 Å². The maximum atomic E-state index is 13.1. The van der Waals surface area contributed by atoms with Crippen LogP contribution in [-0.4, -0.2) is 30.1 Å². The molecule has 2 aromatic rings. The second kappa shape index (κ2) is 6.32. The summed E-state index contributed by atoms with van der Waals surface area (Å²) < 4.78 is 11.1. The number of nitrogens with one attached hydrogen (secondary N) is 1. The van der Waals surface area contributed by atoms with Gasteiger partial charge in [0.15, 0.2) is 11.5 Å². The van der Waals surface area contributed by atoms with Crippen LogP contribution in [0.2, 0.25) is 0 Å². The van der Waals surface area contributed by atoms with Gasteiger partial charge in [0.1, 0.15) is 18.8 Å². The highest BCUT2D eigenvalue weighted by Crippen LogP contribution is 2.37. The molecule has 3 amide bonds. The van der Waals surface area contributed by atoms with Crippen molar-refractivity contribution in [1.82, 2.24) is 10.2 Å². The highest BCUT2D eigenvalue weighted by atomic mass is 16.6. The van der Waals surface area contributed by atoms with Crippen molar-refractivity contribution in [3.63, 3.8) is 0 Å². The summed E-state index contributed by atoms with van der Waals surface area (Å²) in [7, 11) is 0. The van der Waals surface area contributed by atoms with Crippen LogP contribution < -0.4 is 14.8 Å². The molecule has 0 bridgehead atoms. The molecule has 2 aliphatic rings. The summed E-state index contributed by atoms with van der Waals surface area (Å²) in [5.74, 6) is 0.848. The summed E-state index contributed by atoms with van der Waals surface area (Å²) in [4.78, 5) is 26.7. The Kier molecular flexibility index (Phi) is 3.96. The molecule has 0 radical (unpaired) electrons. The van der Waals surface area contributed by atoms with Crippen molar-refractivity contribution >= 4 is 11.9 Å². The van der Waals surface area contributed by atoms with Gasteiger partial charge < -0.3 is 14.8 Å². The van der Waals surface area contributed by atoms with E-state index in [9.17, 15) is 9.59 Å². The Labute approximate surface area is 156 Å². The largest absolute Gasteiger partial charge is 0.486 e. The van der Waals surface area contributed by atoms with Crippen LogP contribution in [0.5, 0.6) is 11.5 Å². The van der Waals surface area contributed by atoms with Gasteiger partial charge in [-0.25, -0.2) is 4.79 Å². The molecule has 1 saturated heterocycles. The van der Waals surface area contributed by atoms with E-state index in [0.717, 1.165) is 5.56 Å². The molecule has 2 heterocycles. The summed E-state index contributed by atoms with van der Waals surface area (Å²) in [6, 6.07) is 13.6. The number of amides is 3. The van der Waals surface area contributed by atoms with Gasteiger partial charge in [0.25, 0.3) is 5.91 Å². The Morgan fingerprint density at radius 3 is 2.52 bits per heavy atom. The van der Waals surface area contributed by atoms with E-state index < -0.39 is 11.6 Å². The number of nitrogens with zero attached hydrogens (tertiary/aromatic N) is 2. The number of hydrogen-bond donors (Lipinski definition) is 1. The molecule has 0 saturated carbocycles. The molecular formula is C20H17N3O4. The van der Waals surface area contributed by atoms with E-state index in [2.05, 4.69) is 5.32 Å². The van der Waals surface area contributed by atoms with Gasteiger partial charge in [0, 0.05) is 0 Å². The minimum Gasteiger partial charge on any atom is -0.486 e. The zero-order chi connectivity index (χ0) is 19.0. The van der Waals surface area contributed by atoms with Crippen molar-refractivity contribution in [3.8, 4) is 17.6 Å². The van der Waals surface area contributed by atoms with Gasteiger partial charge in [-0.15, -0.1) is 0 Å². The van der Waals surface area contributed by atoms with E-state index in [-0.39, 0.29) is 12.5 Å². The fourth-order valence-corrected chi connectivity index (χ4v) is 3.26. The molecule has 1 atom stereocenters. The Morgan fingerprint density at radius 1 is 1.11 bits per heavy atom. The number of carbonyl (C=O) groups is 2. The minimum atomic E-state index is -1.18. The van der Waals surface area contributed by atoms with Gasteiger partial charge in [-0.05, 0) is 42.3 Å². The van der Waals surface area contributed by atoms with Crippen LogP contribution in [0.4, 0.5) is 4.79 Å². The molecule has 7 nitrogen and oxygen atoms in total. The van der Waals surface area contributed by atoms with E-state index >= 15 is 0 Å². The van der Waals surface area contributed by atoms with Gasteiger partial charge in [-0.2, -0.15) is 5.26 Å². The fourth-order valence-electron chi connectivity index (χ4n) is 3.26. The van der Waals surface area contributed by atoms with Crippen molar-refractivity contribution in [2.75, 3.05) is 13.2 Å². The van der Waals surface area contributed by atoms with Crippen LogP contribution in [0, 0.1) is 11.3 Å². The Bertz CT molecular complexity index is 964. The molecule has 2 aromatic carbocycles. The molecule has 0 aromatic heterocycles. The zero-order valence-electron chi connectivity index (χ0n) is 14.7. The third-order valence-electron chi connectivity index (χ3n) is 4.82. The topological polar surface area (TPSA) is 91.7 Å². The number of carbonyl (C=O) groups excluding carboxylic acids is 2. The average molecular weight is 363 g/mol. The molecule has 136 valence electrons. The predicted molar refractivity (Wildman–Crippen MR) is 95.0 cm³/mol. The van der Waals surface area contributed by atoms with Gasteiger partial charge >= 0.3 is 6.03 Å². The molecule has 0 aliphatic carbocycles. The first-order valence-electron chi connectivity index (χ1n) is 8.54. The smallest absolute Gasteiger partial charge is 0.325 e. The number of rotatable bonds is 3. The van der Waals surface area contributed by atoms with Crippen LogP contribution in [0.1, 0.15) is 23.6 Å². The number of urea groups is 1. The van der Waals surface area contributed by atoms with E-state index in [1.54, 1.807) is 49.4 Å². The molecule has 27 heavy (non-hydrogen) atoms. The summed E-state index contributed by atoms with van der Waals surface area (Å²) in [6.45, 7) is 2.74. The maximum absolute atomic E-state index is 13.1. The third kappa shape index (κ3) is 2.85. The Hall–Kier alpha value is -3.53. The van der Waals surface area contributed by atoms with Crippen LogP contribution in [-0.2, 0) is 16.9 Å². The van der Waals surface area contributed by atoms with Crippen molar-refractivity contribution in [3.05, 3.63) is 59.2 Å². The Morgan fingerprint density at radius 2 is 1.81 bits per heavy atom. The molecular weight excluding hydrogens is 346 g/mol. The van der Waals surface area contributed by atoms with Crippen LogP contribution in [0.25, 0.3) is 0 Å². The van der Waals surface area contributed by atoms with E-state index in [1.807, 2.05) is 6.07 Å². The standard InChI is InChI=1S/C20H17N3O4/c1-20(15-6-7-16-17(10-15)27-9-8-26-16)18(24)23(19(25)22-20)12-14-4-2-13(11-21)3-5-14/h2-7,10H,8-9,12H2,1H3,(H,22,25)/t20-/m1/s1. The number of ether oxygens (including phenoxy) is 2. The van der Waals surface area contributed by atoms with Crippen molar-refractivity contribution in [1.29, 1.82) is 5.26 Å². The van der Waals surface area contributed by atoms with E-state index in [1.165, 1.54) is 4.90 Å². The number of imide groups is 1. The van der Waals surface area contributed by atoms with Gasteiger partial charge in [-0.3, -0.25) is 9.69 Å². The molecule has 0 unspecified atom stereocenters. The highest BCUT2D eigenvalue weighted by Gasteiger charge is 2.49. The lowest BCUT2D eigenvalue weighted by Gasteiger charge is -2.25. The van der Waals surface area contributed by atoms with Crippen molar-refractivity contribution in [2.45, 2.75) is 19.0 Å². The molecule has 1 N–H and O–H groups in total. The zero-order valence-corrected chi connectivity index (χ0v) is 14.7. The SMILES string of the molecule is C[C@]1(c2ccc3c(c2)OCCO3)NC(=O)N(Cc2ccc(C#N)cc2)C1=O. The van der Waals surface area contributed by atoms with Gasteiger partial charge in [0.05, 0.1) is 18.2 Å². The average Bonchev–Trinajstić information content (AvgIpc) is 2.92. The molecule has 1 fully saturated rings. The van der Waals surface area contributed by atoms with Crippen LogP contribution in [0.15, 0.2) is 42.5 Å². The quantitative estimate of drug-likeness (QED) is 0.845. The molecule has 0 spiro atoms. The predicted octanol–water partition coefficient (Wildman–Crippen LogP) is 2.30. The summed E-state index contributed by atoms with van der Waals surface area (Å²) in [5, 5.41) is 11.7. The molecule has 7 heteroatoms. The van der Waals surface area contributed by atoms with Crippen molar-refractivity contribution in [2.24, 2.45) is 0 Å². The lowest BCUT2D eigenvalue weighted by molar-refractivity contribution is -0.131. The number of fused-ring (bicyclic) bond motifs is 1. The van der Waals surface area contributed by atoms with E-state index in [0.29, 0.717) is 35.8 Å². The summed E-state index contributed by atoms with van der Waals surface area (Å²) in [6.07, 6.45) is 0. The third-order valence-corrected chi connectivity index (χ3v) is 4.82. The van der Waals surface area contributed by atoms with Crippen LogP contribution in [0.3, 0.4) is 0 Å². The second-order valence-electron chi connectivity index (χ2n) is 6.61. The number of benzene rings is 2. The summed E-state index contributed by atoms with van der Waals surface area (Å²) in [5.41, 5.74) is 0.743. The number of hydrogen-bond acceptors (Lipinski definition) is 5. The van der Waals surface area contributed by atoms with Gasteiger partial charge in [-0.1, -0.05) is 18.2 Å². The second-order valence-corrected chi connectivity index (χ2v) is 6.61. The van der Waals surface area contributed by atoms with Crippen LogP contribution >= 0.6 is 0 Å². The molecule has 2 aliphatic heterocycles. The van der Waals surface area contributed by atoms with Gasteiger partial charge in [0.2, 0.25) is 0 Å². The number of nitriles is 1. The van der Waals surface area contributed by atoms with Crippen molar-refractivity contribution < 1.29 is 19.1 Å². The lowest BCUT2D eigenvalue weighted by Crippen LogP contribution is -2.41. The Balaban J connectivity index is 1.60. The maximum Gasteiger partial charge on any atom is 0.325 e. The first kappa shape index (κ1) is 16.9. The normalized spacial score (nSPS) is 21.0. The monoisotopic (exact) mass is 363 g/mol. The first-order valence-corrected chi connectivity index (χ1v) is 8.54. The first-order chi connectivity index (χ1) is 13.0. The summed E-state index contributed by atoms with van der Waals surface area (Å²) >= 11 is 0. The lowest BCUT2D eigenvalue weighted by atomic mass is 9.91. The molecule has 4 rings (SSSR count). The fraction of sp³-hybridized carbons (Fsp3) is 0.250. The highest BCUT2D eigenvalue weighted by molar-refractivity contribution is 6.07.